The molecular formula is C11H19N3O2. The highest BCUT2D eigenvalue weighted by molar-refractivity contribution is 5.88. The Hall–Kier alpha value is -1.10. The van der Waals surface area contributed by atoms with Gasteiger partial charge in [-0.15, -0.1) is 0 Å². The quantitative estimate of drug-likeness (QED) is 0.586. The Labute approximate surface area is 95.3 Å². The number of carbonyl (C=O) groups excluding carboxylic acids is 2. The van der Waals surface area contributed by atoms with Crippen LogP contribution in [0.4, 0.5) is 0 Å². The number of amides is 2. The Bertz CT molecular complexity index is 274. The number of rotatable bonds is 2. The zero-order chi connectivity index (χ0) is 11.4. The van der Waals surface area contributed by atoms with Crippen molar-refractivity contribution in [3.05, 3.63) is 0 Å². The molecule has 0 aliphatic carbocycles. The van der Waals surface area contributed by atoms with Crippen molar-refractivity contribution in [1.29, 1.82) is 0 Å². The summed E-state index contributed by atoms with van der Waals surface area (Å²) >= 11 is 0. The fourth-order valence-corrected chi connectivity index (χ4v) is 2.25. The van der Waals surface area contributed by atoms with Crippen molar-refractivity contribution in [2.75, 3.05) is 19.6 Å². The normalized spacial score (nSPS) is 30.6. The van der Waals surface area contributed by atoms with E-state index < -0.39 is 0 Å². The summed E-state index contributed by atoms with van der Waals surface area (Å²) in [5.41, 5.74) is 0. The molecule has 2 saturated heterocycles. The Morgan fingerprint density at radius 3 is 2.88 bits per heavy atom. The Morgan fingerprint density at radius 2 is 2.12 bits per heavy atom. The second-order valence-electron chi connectivity index (χ2n) is 4.54. The molecule has 0 spiro atoms. The lowest BCUT2D eigenvalue weighted by Gasteiger charge is -2.17. The molecule has 5 nitrogen and oxygen atoms in total. The molecule has 0 aromatic carbocycles. The molecule has 2 amide bonds. The standard InChI is InChI=1S/C11H19N3O2/c15-10(8-4-6-12-7-8)14-9-3-1-2-5-13-11(9)16/h8-9,12H,1-7H2,(H,13,16)(H,14,15). The predicted octanol–water partition coefficient (Wildman–Crippen LogP) is -0.619. The van der Waals surface area contributed by atoms with E-state index in [1.165, 1.54) is 0 Å². The number of hydrogen-bond acceptors (Lipinski definition) is 3. The van der Waals surface area contributed by atoms with Gasteiger partial charge in [-0.2, -0.15) is 0 Å². The minimum absolute atomic E-state index is 0.0204. The first kappa shape index (κ1) is 11.4. The summed E-state index contributed by atoms with van der Waals surface area (Å²) in [5.74, 6) is 0.0277. The molecule has 2 heterocycles. The lowest BCUT2D eigenvalue weighted by molar-refractivity contribution is -0.130. The van der Waals surface area contributed by atoms with Crippen molar-refractivity contribution in [3.8, 4) is 0 Å². The van der Waals surface area contributed by atoms with Gasteiger partial charge in [0.2, 0.25) is 11.8 Å². The molecule has 3 N–H and O–H groups in total. The molecular weight excluding hydrogens is 206 g/mol. The van der Waals surface area contributed by atoms with Crippen LogP contribution in [-0.4, -0.2) is 37.5 Å². The summed E-state index contributed by atoms with van der Waals surface area (Å²) in [6, 6.07) is -0.324. The third-order valence-corrected chi connectivity index (χ3v) is 3.28. The van der Waals surface area contributed by atoms with Gasteiger partial charge in [0.1, 0.15) is 6.04 Å². The zero-order valence-electron chi connectivity index (χ0n) is 9.42. The van der Waals surface area contributed by atoms with Gasteiger partial charge in [-0.05, 0) is 32.2 Å². The van der Waals surface area contributed by atoms with Crippen molar-refractivity contribution in [2.24, 2.45) is 5.92 Å². The van der Waals surface area contributed by atoms with E-state index in [4.69, 9.17) is 0 Å². The van der Waals surface area contributed by atoms with E-state index in [2.05, 4.69) is 16.0 Å². The summed E-state index contributed by atoms with van der Waals surface area (Å²) in [7, 11) is 0. The van der Waals surface area contributed by atoms with E-state index in [0.29, 0.717) is 0 Å². The number of nitrogens with one attached hydrogen (secondary N) is 3. The third-order valence-electron chi connectivity index (χ3n) is 3.28. The molecule has 2 rings (SSSR count). The Kier molecular flexibility index (Phi) is 3.77. The van der Waals surface area contributed by atoms with Gasteiger partial charge in [0, 0.05) is 13.1 Å². The molecule has 2 aliphatic heterocycles. The highest BCUT2D eigenvalue weighted by atomic mass is 16.2. The average Bonchev–Trinajstić information content (AvgIpc) is 2.73. The van der Waals surface area contributed by atoms with E-state index >= 15 is 0 Å². The van der Waals surface area contributed by atoms with Crippen molar-refractivity contribution < 1.29 is 9.59 Å². The van der Waals surface area contributed by atoms with Crippen LogP contribution >= 0.6 is 0 Å². The first-order chi connectivity index (χ1) is 7.77. The predicted molar refractivity (Wildman–Crippen MR) is 59.8 cm³/mol. The number of hydrogen-bond donors (Lipinski definition) is 3. The maximum atomic E-state index is 11.8. The molecule has 2 fully saturated rings. The van der Waals surface area contributed by atoms with Crippen molar-refractivity contribution >= 4 is 11.8 Å². The first-order valence-corrected chi connectivity index (χ1v) is 6.06. The van der Waals surface area contributed by atoms with Crippen LogP contribution in [0.2, 0.25) is 0 Å². The van der Waals surface area contributed by atoms with Crippen LogP contribution in [0, 0.1) is 5.92 Å². The van der Waals surface area contributed by atoms with Gasteiger partial charge in [-0.25, -0.2) is 0 Å². The van der Waals surface area contributed by atoms with Crippen LogP contribution in [0.3, 0.4) is 0 Å². The Morgan fingerprint density at radius 1 is 1.25 bits per heavy atom. The van der Waals surface area contributed by atoms with Gasteiger partial charge in [0.05, 0.1) is 5.92 Å². The average molecular weight is 225 g/mol. The smallest absolute Gasteiger partial charge is 0.242 e. The van der Waals surface area contributed by atoms with Gasteiger partial charge in [-0.1, -0.05) is 0 Å². The Balaban J connectivity index is 1.86. The van der Waals surface area contributed by atoms with Crippen LogP contribution in [0.15, 0.2) is 0 Å². The highest BCUT2D eigenvalue weighted by Crippen LogP contribution is 2.10. The van der Waals surface area contributed by atoms with Crippen LogP contribution in [-0.2, 0) is 9.59 Å². The molecule has 2 atom stereocenters. The summed E-state index contributed by atoms with van der Waals surface area (Å²) in [6.45, 7) is 2.37. The maximum absolute atomic E-state index is 11.8. The molecule has 0 bridgehead atoms. The number of carbonyl (C=O) groups is 2. The second-order valence-corrected chi connectivity index (χ2v) is 4.54. The van der Waals surface area contributed by atoms with E-state index in [-0.39, 0.29) is 23.8 Å². The van der Waals surface area contributed by atoms with E-state index in [1.54, 1.807) is 0 Å². The van der Waals surface area contributed by atoms with Crippen LogP contribution in [0.25, 0.3) is 0 Å². The molecule has 0 radical (unpaired) electrons. The minimum Gasteiger partial charge on any atom is -0.354 e. The summed E-state index contributed by atoms with van der Waals surface area (Å²) in [5, 5.41) is 8.83. The van der Waals surface area contributed by atoms with E-state index in [0.717, 1.165) is 45.3 Å². The van der Waals surface area contributed by atoms with Crippen molar-refractivity contribution in [3.63, 3.8) is 0 Å². The molecule has 0 aromatic rings. The molecule has 2 aliphatic rings. The van der Waals surface area contributed by atoms with Gasteiger partial charge >= 0.3 is 0 Å². The highest BCUT2D eigenvalue weighted by Gasteiger charge is 2.27. The molecule has 16 heavy (non-hydrogen) atoms. The molecule has 90 valence electrons. The second kappa shape index (κ2) is 5.30. The first-order valence-electron chi connectivity index (χ1n) is 6.06. The lowest BCUT2D eigenvalue weighted by Crippen LogP contribution is -2.47. The van der Waals surface area contributed by atoms with E-state index in [9.17, 15) is 9.59 Å². The summed E-state index contributed by atoms with van der Waals surface area (Å²) in [6.07, 6.45) is 3.63. The zero-order valence-corrected chi connectivity index (χ0v) is 9.42. The summed E-state index contributed by atoms with van der Waals surface area (Å²) < 4.78 is 0. The van der Waals surface area contributed by atoms with Crippen molar-refractivity contribution in [1.82, 2.24) is 16.0 Å². The minimum atomic E-state index is -0.324. The van der Waals surface area contributed by atoms with Crippen LogP contribution in [0.1, 0.15) is 25.7 Å². The molecule has 5 heteroatoms. The lowest BCUT2D eigenvalue weighted by atomic mass is 10.1. The topological polar surface area (TPSA) is 70.2 Å². The maximum Gasteiger partial charge on any atom is 0.242 e. The van der Waals surface area contributed by atoms with E-state index in [1.807, 2.05) is 0 Å². The molecule has 0 aromatic heterocycles. The fourth-order valence-electron chi connectivity index (χ4n) is 2.25. The van der Waals surface area contributed by atoms with Crippen LogP contribution < -0.4 is 16.0 Å². The van der Waals surface area contributed by atoms with Gasteiger partial charge in [0.25, 0.3) is 0 Å². The van der Waals surface area contributed by atoms with Gasteiger partial charge in [0.15, 0.2) is 0 Å². The van der Waals surface area contributed by atoms with Crippen molar-refractivity contribution in [2.45, 2.75) is 31.7 Å². The van der Waals surface area contributed by atoms with Gasteiger partial charge in [-0.3, -0.25) is 9.59 Å². The molecule has 2 unspecified atom stereocenters. The largest absolute Gasteiger partial charge is 0.354 e. The van der Waals surface area contributed by atoms with Gasteiger partial charge < -0.3 is 16.0 Å². The fraction of sp³-hybridized carbons (Fsp3) is 0.818. The third kappa shape index (κ3) is 2.72. The molecule has 0 saturated carbocycles. The van der Waals surface area contributed by atoms with Crippen LogP contribution in [0.5, 0.6) is 0 Å². The SMILES string of the molecule is O=C(NC1CCCCNC1=O)C1CCNC1. The summed E-state index contributed by atoms with van der Waals surface area (Å²) in [4.78, 5) is 23.5. The monoisotopic (exact) mass is 225 g/mol.